The van der Waals surface area contributed by atoms with Gasteiger partial charge in [-0.2, -0.15) is 0 Å². The molecule has 0 unspecified atom stereocenters. The van der Waals surface area contributed by atoms with Crippen LogP contribution in [0.4, 0.5) is 0 Å². The molecular formula is C15H19N3O3S. The number of aromatic nitrogens is 2. The van der Waals surface area contributed by atoms with Crippen molar-refractivity contribution >= 4 is 15.7 Å². The Hall–Kier alpha value is -2.15. The van der Waals surface area contributed by atoms with Crippen LogP contribution < -0.4 is 5.32 Å². The first kappa shape index (κ1) is 16.2. The van der Waals surface area contributed by atoms with Gasteiger partial charge in [0.05, 0.1) is 12.4 Å². The number of nitrogens with zero attached hydrogens (tertiary/aromatic N) is 2. The molecule has 1 heterocycles. The van der Waals surface area contributed by atoms with Gasteiger partial charge in [-0.25, -0.2) is 13.4 Å². The maximum Gasteiger partial charge on any atom is 0.238 e. The molecule has 1 aromatic heterocycles. The molecule has 0 aliphatic heterocycles. The predicted octanol–water partition coefficient (Wildman–Crippen LogP) is 1.48. The molecule has 22 heavy (non-hydrogen) atoms. The second-order valence-corrected chi connectivity index (χ2v) is 7.63. The first-order chi connectivity index (χ1) is 10.3. The number of rotatable bonds is 5. The normalized spacial score (nSPS) is 14.3. The Kier molecular flexibility index (Phi) is 4.65. The SMILES string of the molecule is C[C@H](C(=O)N[C@H](C)c1ccc(-n2ccnc2)cc1)S(C)(=O)=O. The van der Waals surface area contributed by atoms with Gasteiger partial charge in [-0.3, -0.25) is 4.79 Å². The minimum absolute atomic E-state index is 0.270. The number of nitrogens with one attached hydrogen (secondary N) is 1. The minimum atomic E-state index is -3.39. The minimum Gasteiger partial charge on any atom is -0.348 e. The number of hydrogen-bond donors (Lipinski definition) is 1. The molecule has 0 aliphatic carbocycles. The van der Waals surface area contributed by atoms with Crippen LogP contribution in [0.2, 0.25) is 0 Å². The quantitative estimate of drug-likeness (QED) is 0.904. The lowest BCUT2D eigenvalue weighted by Crippen LogP contribution is -2.38. The second-order valence-electron chi connectivity index (χ2n) is 5.26. The van der Waals surface area contributed by atoms with Gasteiger partial charge in [0.25, 0.3) is 0 Å². The lowest BCUT2D eigenvalue weighted by Gasteiger charge is -2.17. The van der Waals surface area contributed by atoms with Crippen LogP contribution in [0.15, 0.2) is 43.0 Å². The Labute approximate surface area is 130 Å². The molecule has 118 valence electrons. The monoisotopic (exact) mass is 321 g/mol. The van der Waals surface area contributed by atoms with Gasteiger partial charge in [-0.05, 0) is 31.5 Å². The summed E-state index contributed by atoms with van der Waals surface area (Å²) in [6.45, 7) is 3.21. The molecule has 0 spiro atoms. The Morgan fingerprint density at radius 1 is 1.23 bits per heavy atom. The van der Waals surface area contributed by atoms with Crippen molar-refractivity contribution in [3.63, 3.8) is 0 Å². The average Bonchev–Trinajstić information content (AvgIpc) is 2.99. The molecule has 6 nitrogen and oxygen atoms in total. The fourth-order valence-corrected chi connectivity index (χ4v) is 2.41. The van der Waals surface area contributed by atoms with Crippen molar-refractivity contribution in [1.82, 2.24) is 14.9 Å². The fourth-order valence-electron chi connectivity index (χ4n) is 1.96. The molecule has 1 aromatic carbocycles. The maximum atomic E-state index is 11.9. The number of carbonyl (C=O) groups is 1. The van der Waals surface area contributed by atoms with Crippen molar-refractivity contribution < 1.29 is 13.2 Å². The second kappa shape index (κ2) is 6.31. The molecule has 0 bridgehead atoms. The van der Waals surface area contributed by atoms with E-state index in [0.717, 1.165) is 17.5 Å². The highest BCUT2D eigenvalue weighted by Gasteiger charge is 2.24. The van der Waals surface area contributed by atoms with Crippen molar-refractivity contribution in [3.05, 3.63) is 48.5 Å². The molecule has 2 aromatic rings. The number of benzene rings is 1. The highest BCUT2D eigenvalue weighted by Crippen LogP contribution is 2.16. The molecule has 0 fully saturated rings. The molecule has 2 rings (SSSR count). The van der Waals surface area contributed by atoms with Crippen LogP contribution in [0.5, 0.6) is 0 Å². The van der Waals surface area contributed by atoms with Crippen molar-refractivity contribution in [2.75, 3.05) is 6.26 Å². The average molecular weight is 321 g/mol. The summed E-state index contributed by atoms with van der Waals surface area (Å²) in [5.41, 5.74) is 1.86. The van der Waals surface area contributed by atoms with E-state index in [2.05, 4.69) is 10.3 Å². The molecule has 2 atom stereocenters. The van der Waals surface area contributed by atoms with Gasteiger partial charge >= 0.3 is 0 Å². The summed E-state index contributed by atoms with van der Waals surface area (Å²) in [7, 11) is -3.39. The Morgan fingerprint density at radius 3 is 2.36 bits per heavy atom. The van der Waals surface area contributed by atoms with Gasteiger partial charge in [0.1, 0.15) is 5.25 Å². The van der Waals surface area contributed by atoms with E-state index in [1.54, 1.807) is 12.5 Å². The molecular weight excluding hydrogens is 302 g/mol. The van der Waals surface area contributed by atoms with Crippen molar-refractivity contribution in [2.45, 2.75) is 25.1 Å². The van der Waals surface area contributed by atoms with E-state index in [9.17, 15) is 13.2 Å². The molecule has 0 radical (unpaired) electrons. The third-order valence-corrected chi connectivity index (χ3v) is 5.06. The van der Waals surface area contributed by atoms with E-state index in [-0.39, 0.29) is 6.04 Å². The third-order valence-electron chi connectivity index (χ3n) is 3.57. The summed E-state index contributed by atoms with van der Waals surface area (Å²) < 4.78 is 24.7. The van der Waals surface area contributed by atoms with Gasteiger partial charge in [0, 0.05) is 24.3 Å². The van der Waals surface area contributed by atoms with E-state index >= 15 is 0 Å². The van der Waals surface area contributed by atoms with E-state index in [1.165, 1.54) is 6.92 Å². The van der Waals surface area contributed by atoms with Crippen molar-refractivity contribution in [1.29, 1.82) is 0 Å². The molecule has 1 amide bonds. The van der Waals surface area contributed by atoms with Crippen LogP contribution in [0, 0.1) is 0 Å². The molecule has 1 N–H and O–H groups in total. The maximum absolute atomic E-state index is 11.9. The summed E-state index contributed by atoms with van der Waals surface area (Å²) in [6, 6.07) is 7.35. The Bertz CT molecular complexity index is 737. The fraction of sp³-hybridized carbons (Fsp3) is 0.333. The van der Waals surface area contributed by atoms with E-state index in [1.807, 2.05) is 42.0 Å². The van der Waals surface area contributed by atoms with Crippen molar-refractivity contribution in [3.8, 4) is 5.69 Å². The van der Waals surface area contributed by atoms with Crippen LogP contribution in [0.1, 0.15) is 25.5 Å². The lowest BCUT2D eigenvalue weighted by molar-refractivity contribution is -0.121. The van der Waals surface area contributed by atoms with Gasteiger partial charge in [0.15, 0.2) is 9.84 Å². The van der Waals surface area contributed by atoms with Crippen LogP contribution in [0.25, 0.3) is 5.69 Å². The number of hydrogen-bond acceptors (Lipinski definition) is 4. The van der Waals surface area contributed by atoms with Gasteiger partial charge < -0.3 is 9.88 Å². The Morgan fingerprint density at radius 2 is 1.86 bits per heavy atom. The van der Waals surface area contributed by atoms with E-state index in [4.69, 9.17) is 0 Å². The zero-order valence-corrected chi connectivity index (χ0v) is 13.5. The molecule has 0 aliphatic rings. The summed E-state index contributed by atoms with van der Waals surface area (Å²) >= 11 is 0. The van der Waals surface area contributed by atoms with E-state index in [0.29, 0.717) is 0 Å². The number of sulfone groups is 1. The Balaban J connectivity index is 2.07. The predicted molar refractivity (Wildman–Crippen MR) is 84.4 cm³/mol. The summed E-state index contributed by atoms with van der Waals surface area (Å²) in [5.74, 6) is -0.492. The van der Waals surface area contributed by atoms with Crippen molar-refractivity contribution in [2.24, 2.45) is 0 Å². The molecule has 0 saturated heterocycles. The van der Waals surface area contributed by atoms with Gasteiger partial charge in [0.2, 0.25) is 5.91 Å². The highest BCUT2D eigenvalue weighted by molar-refractivity contribution is 7.92. The summed E-state index contributed by atoms with van der Waals surface area (Å²) in [5, 5.41) is 1.66. The lowest BCUT2D eigenvalue weighted by atomic mass is 10.1. The first-order valence-corrected chi connectivity index (χ1v) is 8.82. The third kappa shape index (κ3) is 3.73. The van der Waals surface area contributed by atoms with Crippen LogP contribution in [-0.4, -0.2) is 35.4 Å². The van der Waals surface area contributed by atoms with Gasteiger partial charge in [-0.15, -0.1) is 0 Å². The number of carbonyl (C=O) groups excluding carboxylic acids is 1. The standard InChI is InChI=1S/C15H19N3O3S/c1-11(17-15(19)12(2)22(3,20)21)13-4-6-14(7-5-13)18-9-8-16-10-18/h4-12H,1-3H3,(H,17,19)/t11-,12-/m1/s1. The molecule has 0 saturated carbocycles. The van der Waals surface area contributed by atoms with E-state index < -0.39 is 21.0 Å². The largest absolute Gasteiger partial charge is 0.348 e. The molecule has 7 heteroatoms. The highest BCUT2D eigenvalue weighted by atomic mass is 32.2. The van der Waals surface area contributed by atoms with Gasteiger partial charge in [-0.1, -0.05) is 12.1 Å². The zero-order chi connectivity index (χ0) is 16.3. The van der Waals surface area contributed by atoms with Crippen LogP contribution in [0.3, 0.4) is 0 Å². The zero-order valence-electron chi connectivity index (χ0n) is 12.7. The smallest absolute Gasteiger partial charge is 0.238 e. The number of amides is 1. The first-order valence-electron chi connectivity index (χ1n) is 6.86. The topological polar surface area (TPSA) is 81.1 Å². The number of imidazole rings is 1. The summed E-state index contributed by atoms with van der Waals surface area (Å²) in [6.07, 6.45) is 6.30. The van der Waals surface area contributed by atoms with Crippen LogP contribution >= 0.6 is 0 Å². The van der Waals surface area contributed by atoms with Crippen LogP contribution in [-0.2, 0) is 14.6 Å². The summed E-state index contributed by atoms with van der Waals surface area (Å²) in [4.78, 5) is 15.9.